The van der Waals surface area contributed by atoms with E-state index in [1.807, 2.05) is 24.3 Å². The Morgan fingerprint density at radius 1 is 1.42 bits per heavy atom. The molecule has 0 aromatic heterocycles. The molecule has 1 aliphatic rings. The Bertz CT molecular complexity index is 409. The zero-order valence-corrected chi connectivity index (χ0v) is 11.4. The Hall–Kier alpha value is -1.14. The van der Waals surface area contributed by atoms with Crippen molar-refractivity contribution in [2.24, 2.45) is 0 Å². The lowest BCUT2D eigenvalue weighted by Crippen LogP contribution is -2.51. The number of halogens is 1. The first-order valence-corrected chi connectivity index (χ1v) is 6.07. The maximum absolute atomic E-state index is 11.9. The van der Waals surface area contributed by atoms with Gasteiger partial charge in [-0.1, -0.05) is 24.3 Å². The summed E-state index contributed by atoms with van der Waals surface area (Å²) < 4.78 is 5.24. The standard InChI is InChI=1S/C13H18N2O3.ClH/c16-8-11-4-2-1-3-10(11)7-15-13(17)12-9-18-6-5-14-12;/h1-4,12,14,16H,5-9H2,(H,15,17);1H. The highest BCUT2D eigenvalue weighted by Gasteiger charge is 2.20. The first-order valence-electron chi connectivity index (χ1n) is 6.07. The van der Waals surface area contributed by atoms with E-state index in [4.69, 9.17) is 4.74 Å². The number of aliphatic hydroxyl groups excluding tert-OH is 1. The minimum atomic E-state index is -0.278. The van der Waals surface area contributed by atoms with E-state index in [1.54, 1.807) is 0 Å². The number of amides is 1. The lowest BCUT2D eigenvalue weighted by molar-refractivity contribution is -0.126. The second-order valence-electron chi connectivity index (χ2n) is 4.23. The maximum Gasteiger partial charge on any atom is 0.239 e. The van der Waals surface area contributed by atoms with Gasteiger partial charge in [0.2, 0.25) is 5.91 Å². The maximum atomic E-state index is 11.9. The van der Waals surface area contributed by atoms with E-state index in [0.717, 1.165) is 11.1 Å². The summed E-state index contributed by atoms with van der Waals surface area (Å²) in [5.74, 6) is -0.0672. The number of ether oxygens (including phenoxy) is 1. The first kappa shape index (κ1) is 15.9. The second kappa shape index (κ2) is 8.12. The van der Waals surface area contributed by atoms with E-state index >= 15 is 0 Å². The van der Waals surface area contributed by atoms with Crippen LogP contribution in [-0.4, -0.2) is 36.8 Å². The predicted molar refractivity (Wildman–Crippen MR) is 74.1 cm³/mol. The van der Waals surface area contributed by atoms with Gasteiger partial charge in [0.05, 0.1) is 19.8 Å². The third kappa shape index (κ3) is 4.47. The average molecular weight is 287 g/mol. The van der Waals surface area contributed by atoms with Crippen molar-refractivity contribution < 1.29 is 14.6 Å². The first-order chi connectivity index (χ1) is 8.81. The minimum absolute atomic E-state index is 0. The molecular weight excluding hydrogens is 268 g/mol. The molecule has 1 amide bonds. The number of hydrogen-bond acceptors (Lipinski definition) is 4. The van der Waals surface area contributed by atoms with Gasteiger partial charge < -0.3 is 20.5 Å². The summed E-state index contributed by atoms with van der Waals surface area (Å²) in [7, 11) is 0. The van der Waals surface area contributed by atoms with Crippen LogP contribution in [0, 0.1) is 0 Å². The van der Waals surface area contributed by atoms with E-state index in [9.17, 15) is 9.90 Å². The lowest BCUT2D eigenvalue weighted by Gasteiger charge is -2.23. The number of aliphatic hydroxyl groups is 1. The topological polar surface area (TPSA) is 70.6 Å². The van der Waals surface area contributed by atoms with Gasteiger partial charge in [0.15, 0.2) is 0 Å². The average Bonchev–Trinajstić information content (AvgIpc) is 2.46. The van der Waals surface area contributed by atoms with Gasteiger partial charge in [-0.25, -0.2) is 0 Å². The fourth-order valence-electron chi connectivity index (χ4n) is 1.92. The van der Waals surface area contributed by atoms with E-state index in [1.165, 1.54) is 0 Å². The molecule has 1 aliphatic heterocycles. The molecular formula is C13H19ClN2O3. The smallest absolute Gasteiger partial charge is 0.239 e. The van der Waals surface area contributed by atoms with Crippen LogP contribution in [0.2, 0.25) is 0 Å². The summed E-state index contributed by atoms with van der Waals surface area (Å²) in [6.45, 7) is 2.17. The van der Waals surface area contributed by atoms with Crippen LogP contribution in [0.15, 0.2) is 24.3 Å². The Kier molecular flexibility index (Phi) is 6.80. The molecule has 0 saturated carbocycles. The van der Waals surface area contributed by atoms with Crippen LogP contribution >= 0.6 is 12.4 Å². The molecule has 1 fully saturated rings. The van der Waals surface area contributed by atoms with Gasteiger partial charge >= 0.3 is 0 Å². The number of rotatable bonds is 4. The highest BCUT2D eigenvalue weighted by Crippen LogP contribution is 2.08. The summed E-state index contributed by atoms with van der Waals surface area (Å²) in [6, 6.07) is 7.23. The summed E-state index contributed by atoms with van der Waals surface area (Å²) in [5, 5.41) is 15.1. The van der Waals surface area contributed by atoms with Crippen LogP contribution in [0.4, 0.5) is 0 Å². The summed E-state index contributed by atoms with van der Waals surface area (Å²) in [4.78, 5) is 11.9. The molecule has 1 aromatic carbocycles. The van der Waals surface area contributed by atoms with Crippen molar-refractivity contribution in [1.29, 1.82) is 0 Å². The van der Waals surface area contributed by atoms with Crippen LogP contribution < -0.4 is 10.6 Å². The Labute approximate surface area is 118 Å². The zero-order chi connectivity index (χ0) is 12.8. The van der Waals surface area contributed by atoms with E-state index in [2.05, 4.69) is 10.6 Å². The predicted octanol–water partition coefficient (Wildman–Crippen LogP) is 0.205. The monoisotopic (exact) mass is 286 g/mol. The number of carbonyl (C=O) groups excluding carboxylic acids is 1. The van der Waals surface area contributed by atoms with Crippen LogP contribution in [-0.2, 0) is 22.7 Å². The summed E-state index contributed by atoms with van der Waals surface area (Å²) in [6.07, 6.45) is 0. The van der Waals surface area contributed by atoms with Gasteiger partial charge in [-0.3, -0.25) is 4.79 Å². The minimum Gasteiger partial charge on any atom is -0.392 e. The quantitative estimate of drug-likeness (QED) is 0.740. The van der Waals surface area contributed by atoms with Crippen molar-refractivity contribution in [2.45, 2.75) is 19.2 Å². The van der Waals surface area contributed by atoms with Crippen molar-refractivity contribution in [3.63, 3.8) is 0 Å². The molecule has 1 unspecified atom stereocenters. The normalized spacial score (nSPS) is 18.5. The van der Waals surface area contributed by atoms with Crippen molar-refractivity contribution in [3.05, 3.63) is 35.4 Å². The van der Waals surface area contributed by atoms with Crippen LogP contribution in [0.5, 0.6) is 0 Å². The molecule has 106 valence electrons. The summed E-state index contributed by atoms with van der Waals surface area (Å²) >= 11 is 0. The number of morpholine rings is 1. The molecule has 0 aliphatic carbocycles. The van der Waals surface area contributed by atoms with Gasteiger partial charge in [-0.2, -0.15) is 0 Å². The molecule has 19 heavy (non-hydrogen) atoms. The van der Waals surface area contributed by atoms with E-state index in [-0.39, 0.29) is 31.0 Å². The Morgan fingerprint density at radius 2 is 2.16 bits per heavy atom. The fourth-order valence-corrected chi connectivity index (χ4v) is 1.92. The molecule has 5 nitrogen and oxygen atoms in total. The van der Waals surface area contributed by atoms with Crippen LogP contribution in [0.3, 0.4) is 0 Å². The highest BCUT2D eigenvalue weighted by molar-refractivity contribution is 5.85. The highest BCUT2D eigenvalue weighted by atomic mass is 35.5. The SMILES string of the molecule is Cl.O=C(NCc1ccccc1CO)C1COCCN1. The molecule has 2 rings (SSSR count). The molecule has 1 heterocycles. The van der Waals surface area contributed by atoms with Crippen molar-refractivity contribution >= 4 is 18.3 Å². The molecule has 1 saturated heterocycles. The lowest BCUT2D eigenvalue weighted by atomic mass is 10.1. The van der Waals surface area contributed by atoms with Crippen molar-refractivity contribution in [2.75, 3.05) is 19.8 Å². The van der Waals surface area contributed by atoms with Crippen LogP contribution in [0.1, 0.15) is 11.1 Å². The largest absolute Gasteiger partial charge is 0.392 e. The van der Waals surface area contributed by atoms with Crippen molar-refractivity contribution in [3.8, 4) is 0 Å². The molecule has 3 N–H and O–H groups in total. The summed E-state index contributed by atoms with van der Waals surface area (Å²) in [5.41, 5.74) is 1.77. The fraction of sp³-hybridized carbons (Fsp3) is 0.462. The van der Waals surface area contributed by atoms with Crippen molar-refractivity contribution in [1.82, 2.24) is 10.6 Å². The van der Waals surface area contributed by atoms with Gasteiger partial charge in [-0.15, -0.1) is 12.4 Å². The second-order valence-corrected chi connectivity index (χ2v) is 4.23. The molecule has 1 aromatic rings. The molecule has 1 atom stereocenters. The number of carbonyl (C=O) groups is 1. The third-order valence-electron chi connectivity index (χ3n) is 2.98. The van der Waals surface area contributed by atoms with E-state index in [0.29, 0.717) is 26.3 Å². The Balaban J connectivity index is 0.00000180. The molecule has 0 radical (unpaired) electrons. The zero-order valence-electron chi connectivity index (χ0n) is 10.6. The van der Waals surface area contributed by atoms with Gasteiger partial charge in [0.25, 0.3) is 0 Å². The molecule has 0 bridgehead atoms. The third-order valence-corrected chi connectivity index (χ3v) is 2.98. The number of hydrogen-bond donors (Lipinski definition) is 3. The van der Waals surface area contributed by atoms with E-state index < -0.39 is 0 Å². The molecule has 0 spiro atoms. The molecule has 6 heteroatoms. The Morgan fingerprint density at radius 3 is 2.79 bits per heavy atom. The van der Waals surface area contributed by atoms with Crippen LogP contribution in [0.25, 0.3) is 0 Å². The number of benzene rings is 1. The van der Waals surface area contributed by atoms with Gasteiger partial charge in [0.1, 0.15) is 6.04 Å². The number of nitrogens with one attached hydrogen (secondary N) is 2. The van der Waals surface area contributed by atoms with Gasteiger partial charge in [-0.05, 0) is 11.1 Å². The van der Waals surface area contributed by atoms with Gasteiger partial charge in [0, 0.05) is 13.1 Å².